The van der Waals surface area contributed by atoms with Crippen LogP contribution in [-0.2, 0) is 0 Å². The number of carbonyl (C=O) groups is 1. The number of amides is 1. The van der Waals surface area contributed by atoms with Gasteiger partial charge in [0.15, 0.2) is 0 Å². The molecule has 2 N–H and O–H groups in total. The van der Waals surface area contributed by atoms with Crippen molar-refractivity contribution in [2.45, 2.75) is 25.3 Å². The van der Waals surface area contributed by atoms with E-state index in [2.05, 4.69) is 26.2 Å². The number of hydrogen-bond donors (Lipinski definition) is 2. The lowest BCUT2D eigenvalue weighted by atomic mass is 9.85. The smallest absolute Gasteiger partial charge is 0.270 e. The average Bonchev–Trinajstić information content (AvgIpc) is 3.00. The molecule has 2 aliphatic carbocycles. The molecule has 0 saturated heterocycles. The van der Waals surface area contributed by atoms with Crippen LogP contribution in [0.5, 0.6) is 0 Å². The third-order valence-electron chi connectivity index (χ3n) is 4.56. The second-order valence-corrected chi connectivity index (χ2v) is 6.46. The number of halogens is 1. The van der Waals surface area contributed by atoms with E-state index in [-0.39, 0.29) is 24.5 Å². The number of hydrogen-bond acceptors (Lipinski definition) is 3. The molecule has 4 unspecified atom stereocenters. The molecular weight excluding hydrogens is 308 g/mol. The quantitative estimate of drug-likeness (QED) is 0.893. The van der Waals surface area contributed by atoms with E-state index in [9.17, 15) is 9.90 Å². The molecule has 2 saturated carbocycles. The molecule has 19 heavy (non-hydrogen) atoms. The molecule has 1 amide bonds. The van der Waals surface area contributed by atoms with Gasteiger partial charge in [-0.3, -0.25) is 4.79 Å². The number of carbonyl (C=O) groups excluding carboxylic acids is 1. The van der Waals surface area contributed by atoms with Crippen LogP contribution in [0.4, 0.5) is 0 Å². The van der Waals surface area contributed by atoms with Gasteiger partial charge in [-0.1, -0.05) is 0 Å². The lowest BCUT2D eigenvalue weighted by Crippen LogP contribution is -2.45. The summed E-state index contributed by atoms with van der Waals surface area (Å²) in [6.07, 6.45) is 5.13. The fourth-order valence-electron chi connectivity index (χ4n) is 3.63. The van der Waals surface area contributed by atoms with Gasteiger partial charge >= 0.3 is 0 Å². The minimum absolute atomic E-state index is 0.113. The normalized spacial score (nSPS) is 32.5. The Balaban J connectivity index is 1.71. The summed E-state index contributed by atoms with van der Waals surface area (Å²) < 4.78 is 0.859. The molecule has 3 rings (SSSR count). The molecule has 1 aromatic rings. The first-order valence-electron chi connectivity index (χ1n) is 6.72. The lowest BCUT2D eigenvalue weighted by Gasteiger charge is -2.30. The summed E-state index contributed by atoms with van der Waals surface area (Å²) in [5.74, 6) is 1.20. The van der Waals surface area contributed by atoms with E-state index in [1.165, 1.54) is 12.8 Å². The Morgan fingerprint density at radius 2 is 2.21 bits per heavy atom. The highest BCUT2D eigenvalue weighted by atomic mass is 79.9. The van der Waals surface area contributed by atoms with E-state index in [1.807, 2.05) is 6.07 Å². The number of nitrogens with zero attached hydrogens (tertiary/aromatic N) is 1. The first kappa shape index (κ1) is 13.1. The maximum atomic E-state index is 12.2. The highest BCUT2D eigenvalue weighted by molar-refractivity contribution is 9.10. The van der Waals surface area contributed by atoms with Crippen LogP contribution < -0.4 is 5.32 Å². The molecule has 0 radical (unpaired) electrons. The lowest BCUT2D eigenvalue weighted by molar-refractivity contribution is 0.0856. The van der Waals surface area contributed by atoms with Gasteiger partial charge in [-0.2, -0.15) is 0 Å². The van der Waals surface area contributed by atoms with E-state index in [0.29, 0.717) is 17.5 Å². The first-order chi connectivity index (χ1) is 9.19. The zero-order valence-corrected chi connectivity index (χ0v) is 12.1. The third-order valence-corrected chi connectivity index (χ3v) is 5.03. The van der Waals surface area contributed by atoms with Gasteiger partial charge in [-0.15, -0.1) is 0 Å². The van der Waals surface area contributed by atoms with Crippen molar-refractivity contribution in [1.29, 1.82) is 0 Å². The number of aromatic nitrogens is 1. The van der Waals surface area contributed by atoms with E-state index in [0.717, 1.165) is 10.9 Å². The van der Waals surface area contributed by atoms with Crippen molar-refractivity contribution < 1.29 is 9.90 Å². The summed E-state index contributed by atoms with van der Waals surface area (Å²) in [4.78, 5) is 16.3. The molecule has 1 aromatic heterocycles. The summed E-state index contributed by atoms with van der Waals surface area (Å²) in [7, 11) is 0. The standard InChI is InChI=1S/C14H17BrN2O2/c15-10-3-4-12(16-6-10)14(19)17-13-9-2-1-8(5-9)11(13)7-18/h3-4,6,8-9,11,13,18H,1-2,5,7H2,(H,17,19). The molecule has 0 aliphatic heterocycles. The van der Waals surface area contributed by atoms with Crippen LogP contribution in [-0.4, -0.2) is 28.6 Å². The molecule has 102 valence electrons. The molecule has 1 heterocycles. The zero-order chi connectivity index (χ0) is 13.4. The summed E-state index contributed by atoms with van der Waals surface area (Å²) >= 11 is 3.30. The maximum Gasteiger partial charge on any atom is 0.270 e. The van der Waals surface area contributed by atoms with Gasteiger partial charge in [0.2, 0.25) is 0 Å². The van der Waals surface area contributed by atoms with Crippen LogP contribution in [0.3, 0.4) is 0 Å². The Labute approximate surface area is 120 Å². The first-order valence-corrected chi connectivity index (χ1v) is 7.51. The van der Waals surface area contributed by atoms with Crippen LogP contribution in [0.2, 0.25) is 0 Å². The number of nitrogens with one attached hydrogen (secondary N) is 1. The fourth-order valence-corrected chi connectivity index (χ4v) is 3.87. The van der Waals surface area contributed by atoms with E-state index >= 15 is 0 Å². The molecule has 5 heteroatoms. The summed E-state index contributed by atoms with van der Waals surface area (Å²) in [5, 5.41) is 12.6. The largest absolute Gasteiger partial charge is 0.396 e. The Bertz CT molecular complexity index is 477. The average molecular weight is 325 g/mol. The third kappa shape index (κ3) is 2.41. The van der Waals surface area contributed by atoms with Gasteiger partial charge < -0.3 is 10.4 Å². The minimum Gasteiger partial charge on any atom is -0.396 e. The van der Waals surface area contributed by atoms with Gasteiger partial charge in [0.05, 0.1) is 0 Å². The van der Waals surface area contributed by atoms with E-state index < -0.39 is 0 Å². The van der Waals surface area contributed by atoms with Crippen LogP contribution >= 0.6 is 15.9 Å². The second kappa shape index (κ2) is 5.21. The molecule has 4 nitrogen and oxygen atoms in total. The number of aliphatic hydroxyl groups excluding tert-OH is 1. The van der Waals surface area contributed by atoms with Crippen molar-refractivity contribution in [3.63, 3.8) is 0 Å². The zero-order valence-electron chi connectivity index (χ0n) is 10.6. The van der Waals surface area contributed by atoms with Crippen molar-refractivity contribution >= 4 is 21.8 Å². The maximum absolute atomic E-state index is 12.2. The number of rotatable bonds is 3. The SMILES string of the molecule is O=C(NC1C2CCC(C2)C1CO)c1ccc(Br)cn1. The molecule has 2 aliphatic rings. The molecule has 0 spiro atoms. The van der Waals surface area contributed by atoms with Crippen molar-refractivity contribution in [1.82, 2.24) is 10.3 Å². The van der Waals surface area contributed by atoms with Gasteiger partial charge in [0.1, 0.15) is 5.69 Å². The fraction of sp³-hybridized carbons (Fsp3) is 0.571. The molecule has 4 atom stereocenters. The molecule has 2 bridgehead atoms. The highest BCUT2D eigenvalue weighted by Gasteiger charge is 2.47. The number of pyridine rings is 1. The van der Waals surface area contributed by atoms with Gasteiger partial charge in [-0.05, 0) is 59.2 Å². The van der Waals surface area contributed by atoms with Crippen molar-refractivity contribution in [3.05, 3.63) is 28.5 Å². The second-order valence-electron chi connectivity index (χ2n) is 5.54. The van der Waals surface area contributed by atoms with Crippen LogP contribution in [0.15, 0.2) is 22.8 Å². The predicted octanol–water partition coefficient (Wildman–Crippen LogP) is 1.98. The Hall–Kier alpha value is -0.940. The Kier molecular flexibility index (Phi) is 3.58. The van der Waals surface area contributed by atoms with Crippen molar-refractivity contribution in [2.75, 3.05) is 6.61 Å². The van der Waals surface area contributed by atoms with E-state index in [1.54, 1.807) is 12.3 Å². The van der Waals surface area contributed by atoms with Gasteiger partial charge in [-0.25, -0.2) is 4.98 Å². The molecule has 0 aromatic carbocycles. The summed E-state index contributed by atoms with van der Waals surface area (Å²) in [6, 6.07) is 3.63. The van der Waals surface area contributed by atoms with Gasteiger partial charge in [0.25, 0.3) is 5.91 Å². The summed E-state index contributed by atoms with van der Waals surface area (Å²) in [5.41, 5.74) is 0.433. The number of fused-ring (bicyclic) bond motifs is 2. The minimum atomic E-state index is -0.136. The van der Waals surface area contributed by atoms with Crippen LogP contribution in [0, 0.1) is 17.8 Å². The van der Waals surface area contributed by atoms with E-state index in [4.69, 9.17) is 0 Å². The topological polar surface area (TPSA) is 62.2 Å². The van der Waals surface area contributed by atoms with Crippen molar-refractivity contribution in [2.24, 2.45) is 17.8 Å². The van der Waals surface area contributed by atoms with Crippen molar-refractivity contribution in [3.8, 4) is 0 Å². The van der Waals surface area contributed by atoms with Crippen LogP contribution in [0.1, 0.15) is 29.8 Å². The molecular formula is C14H17BrN2O2. The number of aliphatic hydroxyl groups is 1. The predicted molar refractivity (Wildman–Crippen MR) is 74.6 cm³/mol. The van der Waals surface area contributed by atoms with Crippen LogP contribution in [0.25, 0.3) is 0 Å². The summed E-state index contributed by atoms with van der Waals surface area (Å²) in [6.45, 7) is 0.167. The monoisotopic (exact) mass is 324 g/mol. The molecule has 2 fully saturated rings. The Morgan fingerprint density at radius 1 is 1.42 bits per heavy atom. The Morgan fingerprint density at radius 3 is 2.89 bits per heavy atom. The van der Waals surface area contributed by atoms with Gasteiger partial charge in [0, 0.05) is 29.2 Å². The highest BCUT2D eigenvalue weighted by Crippen LogP contribution is 2.48.